The summed E-state index contributed by atoms with van der Waals surface area (Å²) in [6.45, 7) is 3.11. The Morgan fingerprint density at radius 1 is 1.20 bits per heavy atom. The van der Waals surface area contributed by atoms with Crippen molar-refractivity contribution in [1.82, 2.24) is 0 Å². The Labute approximate surface area is 151 Å². The standard InChI is InChI=1S/C20H21ClF2O2/c1-12(19(25)11-24)9-15-7-6-14(10-18(15)23)8-13(2)20-16(21)4-3-5-17(20)22/h3-8,10,12,19,24-25H,9,11H2,1-2H3/b13-8+/t12-,19-/m0/s1. The van der Waals surface area contributed by atoms with Gasteiger partial charge in [-0.3, -0.25) is 0 Å². The summed E-state index contributed by atoms with van der Waals surface area (Å²) < 4.78 is 28.3. The monoisotopic (exact) mass is 366 g/mol. The van der Waals surface area contributed by atoms with Crippen molar-refractivity contribution in [3.63, 3.8) is 0 Å². The van der Waals surface area contributed by atoms with Crippen LogP contribution >= 0.6 is 11.6 Å². The lowest BCUT2D eigenvalue weighted by Gasteiger charge is -2.17. The minimum absolute atomic E-state index is 0.264. The molecule has 0 aliphatic rings. The van der Waals surface area contributed by atoms with Crippen molar-refractivity contribution in [1.29, 1.82) is 0 Å². The summed E-state index contributed by atoms with van der Waals surface area (Å²) in [7, 11) is 0. The van der Waals surface area contributed by atoms with E-state index in [4.69, 9.17) is 16.7 Å². The quantitative estimate of drug-likeness (QED) is 0.727. The van der Waals surface area contributed by atoms with Crippen molar-refractivity contribution in [2.24, 2.45) is 5.92 Å². The third-order valence-electron chi connectivity index (χ3n) is 4.20. The molecular weight excluding hydrogens is 346 g/mol. The number of aliphatic hydroxyl groups excluding tert-OH is 2. The molecule has 5 heteroatoms. The van der Waals surface area contributed by atoms with E-state index >= 15 is 0 Å². The van der Waals surface area contributed by atoms with Crippen LogP contribution in [-0.2, 0) is 6.42 Å². The second-order valence-electron chi connectivity index (χ2n) is 6.21. The molecule has 134 valence electrons. The van der Waals surface area contributed by atoms with Crippen LogP contribution in [0.5, 0.6) is 0 Å². The van der Waals surface area contributed by atoms with Gasteiger partial charge in [-0.05, 0) is 54.2 Å². The zero-order valence-corrected chi connectivity index (χ0v) is 14.9. The van der Waals surface area contributed by atoms with E-state index in [1.54, 1.807) is 38.1 Å². The molecule has 0 aromatic heterocycles. The average Bonchev–Trinajstić information content (AvgIpc) is 2.56. The molecule has 2 nitrogen and oxygen atoms in total. The Balaban J connectivity index is 2.25. The fraction of sp³-hybridized carbons (Fsp3) is 0.300. The number of allylic oxidation sites excluding steroid dienone is 1. The highest BCUT2D eigenvalue weighted by Gasteiger charge is 2.16. The van der Waals surface area contributed by atoms with Crippen LogP contribution in [0.25, 0.3) is 11.6 Å². The van der Waals surface area contributed by atoms with Crippen LogP contribution in [0.1, 0.15) is 30.5 Å². The van der Waals surface area contributed by atoms with Gasteiger partial charge >= 0.3 is 0 Å². The Hall–Kier alpha value is -1.75. The van der Waals surface area contributed by atoms with E-state index in [9.17, 15) is 13.9 Å². The smallest absolute Gasteiger partial charge is 0.132 e. The van der Waals surface area contributed by atoms with Gasteiger partial charge in [0.2, 0.25) is 0 Å². The molecule has 0 bridgehead atoms. The summed E-state index contributed by atoms with van der Waals surface area (Å²) in [6.07, 6.45) is 1.10. The zero-order chi connectivity index (χ0) is 18.6. The minimum Gasteiger partial charge on any atom is -0.394 e. The van der Waals surface area contributed by atoms with Gasteiger partial charge in [0.25, 0.3) is 0 Å². The van der Waals surface area contributed by atoms with E-state index in [-0.39, 0.29) is 12.5 Å². The van der Waals surface area contributed by atoms with Gasteiger partial charge in [0.15, 0.2) is 0 Å². The van der Waals surface area contributed by atoms with Gasteiger partial charge in [0, 0.05) is 5.56 Å². The van der Waals surface area contributed by atoms with Crippen LogP contribution < -0.4 is 0 Å². The molecule has 0 saturated carbocycles. The maximum Gasteiger partial charge on any atom is 0.132 e. The van der Waals surface area contributed by atoms with E-state index < -0.39 is 17.7 Å². The SMILES string of the molecule is C/C(=C\c1ccc(C[C@H](C)[C@@H](O)CO)c(F)c1)c1c(F)cccc1Cl. The fourth-order valence-corrected chi connectivity index (χ4v) is 2.99. The van der Waals surface area contributed by atoms with Gasteiger partial charge in [0.1, 0.15) is 11.6 Å². The molecule has 0 aliphatic heterocycles. The summed E-state index contributed by atoms with van der Waals surface area (Å²) in [6, 6.07) is 9.20. The lowest BCUT2D eigenvalue weighted by atomic mass is 9.94. The Bertz CT molecular complexity index is 754. The summed E-state index contributed by atoms with van der Waals surface area (Å²) in [5.41, 5.74) is 1.94. The van der Waals surface area contributed by atoms with E-state index in [1.807, 2.05) is 0 Å². The first kappa shape index (κ1) is 19.6. The molecule has 0 radical (unpaired) electrons. The second kappa shape index (κ2) is 8.56. The summed E-state index contributed by atoms with van der Waals surface area (Å²) >= 11 is 6.05. The molecule has 25 heavy (non-hydrogen) atoms. The molecule has 0 unspecified atom stereocenters. The predicted molar refractivity (Wildman–Crippen MR) is 97.3 cm³/mol. The molecule has 2 rings (SSSR count). The highest BCUT2D eigenvalue weighted by Crippen LogP contribution is 2.28. The first-order valence-corrected chi connectivity index (χ1v) is 8.41. The van der Waals surface area contributed by atoms with Gasteiger partial charge in [-0.2, -0.15) is 0 Å². The topological polar surface area (TPSA) is 40.5 Å². The molecule has 0 amide bonds. The van der Waals surface area contributed by atoms with Crippen LogP contribution in [0.2, 0.25) is 5.02 Å². The number of hydrogen-bond acceptors (Lipinski definition) is 2. The molecule has 2 N–H and O–H groups in total. The van der Waals surface area contributed by atoms with E-state index in [1.165, 1.54) is 18.2 Å². The zero-order valence-electron chi connectivity index (χ0n) is 14.1. The van der Waals surface area contributed by atoms with Crippen molar-refractivity contribution in [3.8, 4) is 0 Å². The first-order chi connectivity index (χ1) is 11.8. The normalized spacial score (nSPS) is 14.4. The number of rotatable bonds is 6. The number of halogens is 3. The molecule has 2 aromatic carbocycles. The van der Waals surface area contributed by atoms with Crippen molar-refractivity contribution in [3.05, 3.63) is 69.7 Å². The van der Waals surface area contributed by atoms with Gasteiger partial charge in [-0.15, -0.1) is 0 Å². The number of aliphatic hydroxyl groups is 2. The van der Waals surface area contributed by atoms with Crippen LogP contribution in [-0.4, -0.2) is 22.9 Å². The molecule has 0 aliphatic carbocycles. The van der Waals surface area contributed by atoms with Crippen LogP contribution in [0.15, 0.2) is 36.4 Å². The van der Waals surface area contributed by atoms with E-state index in [0.29, 0.717) is 33.7 Å². The molecule has 2 atom stereocenters. The first-order valence-electron chi connectivity index (χ1n) is 8.03. The lowest BCUT2D eigenvalue weighted by Crippen LogP contribution is -2.23. The third kappa shape index (κ3) is 4.88. The number of hydrogen-bond donors (Lipinski definition) is 2. The molecule has 0 saturated heterocycles. The molecule has 0 heterocycles. The molecule has 0 fully saturated rings. The maximum absolute atomic E-state index is 14.3. The van der Waals surface area contributed by atoms with Gasteiger partial charge in [0.05, 0.1) is 17.7 Å². The largest absolute Gasteiger partial charge is 0.394 e. The van der Waals surface area contributed by atoms with Crippen molar-refractivity contribution < 1.29 is 19.0 Å². The van der Waals surface area contributed by atoms with Crippen molar-refractivity contribution >= 4 is 23.3 Å². The second-order valence-corrected chi connectivity index (χ2v) is 6.61. The molecular formula is C20H21ClF2O2. The third-order valence-corrected chi connectivity index (χ3v) is 4.52. The maximum atomic E-state index is 14.3. The van der Waals surface area contributed by atoms with E-state index in [2.05, 4.69) is 0 Å². The molecule has 2 aromatic rings. The highest BCUT2D eigenvalue weighted by atomic mass is 35.5. The van der Waals surface area contributed by atoms with Gasteiger partial charge in [-0.1, -0.05) is 42.8 Å². The minimum atomic E-state index is -0.885. The summed E-state index contributed by atoms with van der Waals surface area (Å²) in [4.78, 5) is 0. The van der Waals surface area contributed by atoms with Gasteiger partial charge in [-0.25, -0.2) is 8.78 Å². The Kier molecular flexibility index (Phi) is 6.71. The average molecular weight is 367 g/mol. The van der Waals surface area contributed by atoms with E-state index in [0.717, 1.165) is 0 Å². The van der Waals surface area contributed by atoms with Crippen LogP contribution in [0.4, 0.5) is 8.78 Å². The fourth-order valence-electron chi connectivity index (χ4n) is 2.68. The summed E-state index contributed by atoms with van der Waals surface area (Å²) in [5, 5.41) is 18.9. The Morgan fingerprint density at radius 3 is 2.52 bits per heavy atom. The van der Waals surface area contributed by atoms with Crippen molar-refractivity contribution in [2.45, 2.75) is 26.4 Å². The summed E-state index contributed by atoms with van der Waals surface area (Å²) in [5.74, 6) is -1.09. The molecule has 0 spiro atoms. The van der Waals surface area contributed by atoms with Crippen LogP contribution in [0, 0.1) is 17.6 Å². The Morgan fingerprint density at radius 2 is 1.92 bits per heavy atom. The lowest BCUT2D eigenvalue weighted by molar-refractivity contribution is 0.0532. The van der Waals surface area contributed by atoms with Crippen LogP contribution in [0.3, 0.4) is 0 Å². The predicted octanol–water partition coefficient (Wildman–Crippen LogP) is 4.71. The van der Waals surface area contributed by atoms with Gasteiger partial charge < -0.3 is 10.2 Å². The van der Waals surface area contributed by atoms with Crippen molar-refractivity contribution in [2.75, 3.05) is 6.61 Å². The number of benzene rings is 2. The highest BCUT2D eigenvalue weighted by molar-refractivity contribution is 6.32.